The second kappa shape index (κ2) is 5.71. The molecule has 2 unspecified atom stereocenters. The van der Waals surface area contributed by atoms with E-state index >= 15 is 0 Å². The zero-order valence-electron chi connectivity index (χ0n) is 13.9. The number of hydrogen-bond donors (Lipinski definition) is 1. The average molecular weight is 291 g/mol. The highest BCUT2D eigenvalue weighted by Gasteiger charge is 2.34. The first-order valence-electron chi connectivity index (χ1n) is 8.52. The average Bonchev–Trinajstić information content (AvgIpc) is 3.06. The molecule has 4 nitrogen and oxygen atoms in total. The molecule has 1 saturated carbocycles. The van der Waals surface area contributed by atoms with Crippen molar-refractivity contribution in [3.63, 3.8) is 0 Å². The summed E-state index contributed by atoms with van der Waals surface area (Å²) >= 11 is 0. The van der Waals surface area contributed by atoms with Crippen LogP contribution in [0.5, 0.6) is 0 Å². The molecule has 2 aliphatic rings. The van der Waals surface area contributed by atoms with Crippen molar-refractivity contribution in [1.82, 2.24) is 15.5 Å². The number of nitrogens with one attached hydrogen (secondary N) is 1. The Labute approximate surface area is 128 Å². The van der Waals surface area contributed by atoms with Crippen molar-refractivity contribution in [2.24, 2.45) is 17.3 Å². The Kier molecular flexibility index (Phi) is 4.08. The molecule has 2 heterocycles. The zero-order chi connectivity index (χ0) is 15.0. The lowest BCUT2D eigenvalue weighted by Crippen LogP contribution is -2.25. The van der Waals surface area contributed by atoms with E-state index in [0.29, 0.717) is 17.3 Å². The van der Waals surface area contributed by atoms with Crippen LogP contribution in [0.25, 0.3) is 0 Å². The number of nitrogens with zero attached hydrogens (tertiary/aromatic N) is 2. The molecule has 118 valence electrons. The van der Waals surface area contributed by atoms with Crippen LogP contribution in [0.2, 0.25) is 0 Å². The molecule has 0 radical (unpaired) electrons. The molecule has 1 saturated heterocycles. The number of rotatable bonds is 2. The van der Waals surface area contributed by atoms with Crippen molar-refractivity contribution in [2.75, 3.05) is 6.54 Å². The van der Waals surface area contributed by atoms with Gasteiger partial charge in [-0.15, -0.1) is 0 Å². The summed E-state index contributed by atoms with van der Waals surface area (Å²) in [5.74, 6) is 3.66. The zero-order valence-corrected chi connectivity index (χ0v) is 13.9. The van der Waals surface area contributed by atoms with E-state index in [0.717, 1.165) is 24.2 Å². The van der Waals surface area contributed by atoms with Gasteiger partial charge in [-0.1, -0.05) is 32.9 Å². The highest BCUT2D eigenvalue weighted by atomic mass is 16.5. The molecular weight excluding hydrogens is 262 g/mol. The van der Waals surface area contributed by atoms with Crippen molar-refractivity contribution >= 4 is 0 Å². The van der Waals surface area contributed by atoms with E-state index in [4.69, 9.17) is 9.51 Å². The summed E-state index contributed by atoms with van der Waals surface area (Å²) in [4.78, 5) is 4.71. The van der Waals surface area contributed by atoms with Gasteiger partial charge in [-0.3, -0.25) is 0 Å². The second-order valence-electron chi connectivity index (χ2n) is 8.10. The molecule has 1 aliphatic carbocycles. The molecule has 0 spiro atoms. The maximum Gasteiger partial charge on any atom is 0.244 e. The van der Waals surface area contributed by atoms with Gasteiger partial charge in [0.2, 0.25) is 5.89 Å². The van der Waals surface area contributed by atoms with Gasteiger partial charge in [0, 0.05) is 5.92 Å². The van der Waals surface area contributed by atoms with E-state index in [-0.39, 0.29) is 6.04 Å². The minimum atomic E-state index is 0.261. The quantitative estimate of drug-likeness (QED) is 0.892. The summed E-state index contributed by atoms with van der Waals surface area (Å²) in [6, 6.07) is 0.261. The van der Waals surface area contributed by atoms with E-state index in [1.807, 2.05) is 0 Å². The Morgan fingerprint density at radius 2 is 1.81 bits per heavy atom. The maximum atomic E-state index is 5.54. The first-order chi connectivity index (χ1) is 9.95. The van der Waals surface area contributed by atoms with Crippen LogP contribution in [0.15, 0.2) is 4.52 Å². The van der Waals surface area contributed by atoms with Crippen LogP contribution in [0, 0.1) is 17.3 Å². The van der Waals surface area contributed by atoms with Crippen LogP contribution in [-0.4, -0.2) is 16.7 Å². The largest absolute Gasteiger partial charge is 0.338 e. The van der Waals surface area contributed by atoms with Crippen LogP contribution >= 0.6 is 0 Å². The van der Waals surface area contributed by atoms with Crippen LogP contribution in [0.3, 0.4) is 0 Å². The molecule has 0 aromatic carbocycles. The molecule has 21 heavy (non-hydrogen) atoms. The summed E-state index contributed by atoms with van der Waals surface area (Å²) in [7, 11) is 0. The van der Waals surface area contributed by atoms with E-state index in [1.165, 1.54) is 32.1 Å². The topological polar surface area (TPSA) is 51.0 Å². The third-order valence-corrected chi connectivity index (χ3v) is 5.57. The Morgan fingerprint density at radius 1 is 1.10 bits per heavy atom. The highest BCUT2D eigenvalue weighted by molar-refractivity contribution is 5.03. The molecule has 1 N–H and O–H groups in total. The molecule has 4 heteroatoms. The molecule has 2 atom stereocenters. The van der Waals surface area contributed by atoms with E-state index in [9.17, 15) is 0 Å². The Balaban J connectivity index is 1.63. The predicted molar refractivity (Wildman–Crippen MR) is 83.0 cm³/mol. The van der Waals surface area contributed by atoms with E-state index in [2.05, 4.69) is 38.2 Å². The van der Waals surface area contributed by atoms with Crippen LogP contribution < -0.4 is 5.32 Å². The minimum Gasteiger partial charge on any atom is -0.338 e. The van der Waals surface area contributed by atoms with Crippen LogP contribution in [-0.2, 0) is 0 Å². The maximum absolute atomic E-state index is 5.54. The van der Waals surface area contributed by atoms with Gasteiger partial charge in [-0.2, -0.15) is 4.98 Å². The number of aromatic nitrogens is 2. The van der Waals surface area contributed by atoms with E-state index in [1.54, 1.807) is 0 Å². The molecule has 0 bridgehead atoms. The van der Waals surface area contributed by atoms with Crippen molar-refractivity contribution in [3.05, 3.63) is 11.7 Å². The van der Waals surface area contributed by atoms with Crippen molar-refractivity contribution < 1.29 is 4.52 Å². The van der Waals surface area contributed by atoms with Gasteiger partial charge in [0.05, 0.1) is 6.04 Å². The number of hydrogen-bond acceptors (Lipinski definition) is 4. The molecule has 1 aromatic heterocycles. The van der Waals surface area contributed by atoms with Gasteiger partial charge in [0.15, 0.2) is 5.82 Å². The van der Waals surface area contributed by atoms with Gasteiger partial charge >= 0.3 is 0 Å². The lowest BCUT2D eigenvalue weighted by molar-refractivity contribution is 0.166. The fourth-order valence-corrected chi connectivity index (χ4v) is 3.92. The standard InChI is InChI=1S/C17H29N3O/c1-11-9-10-18-14(11)16-19-15(20-21-16)12-5-7-13(8-6-12)17(2,3)4/h11-14,18H,5-10H2,1-4H3. The first-order valence-corrected chi connectivity index (χ1v) is 8.52. The predicted octanol–water partition coefficient (Wildman–Crippen LogP) is 4.06. The summed E-state index contributed by atoms with van der Waals surface area (Å²) in [6.07, 6.45) is 6.18. The third kappa shape index (κ3) is 3.15. The molecule has 1 aromatic rings. The highest BCUT2D eigenvalue weighted by Crippen LogP contribution is 2.42. The van der Waals surface area contributed by atoms with Gasteiger partial charge in [-0.25, -0.2) is 0 Å². The minimum absolute atomic E-state index is 0.261. The van der Waals surface area contributed by atoms with Gasteiger partial charge in [-0.05, 0) is 55.9 Å². The lowest BCUT2D eigenvalue weighted by atomic mass is 9.70. The lowest BCUT2D eigenvalue weighted by Gasteiger charge is -2.36. The monoisotopic (exact) mass is 291 g/mol. The Morgan fingerprint density at radius 3 is 2.38 bits per heavy atom. The van der Waals surface area contributed by atoms with Gasteiger partial charge in [0.1, 0.15) is 0 Å². The smallest absolute Gasteiger partial charge is 0.244 e. The summed E-state index contributed by atoms with van der Waals surface area (Å²) in [5, 5.41) is 7.75. The molecule has 2 fully saturated rings. The Bertz CT molecular complexity index is 469. The van der Waals surface area contributed by atoms with Crippen LogP contribution in [0.4, 0.5) is 0 Å². The van der Waals surface area contributed by atoms with Crippen LogP contribution in [0.1, 0.15) is 83.5 Å². The summed E-state index contributed by atoms with van der Waals surface area (Å²) in [5.41, 5.74) is 0.427. The van der Waals surface area contributed by atoms with Crippen molar-refractivity contribution in [2.45, 2.75) is 71.8 Å². The Hall–Kier alpha value is -0.900. The second-order valence-corrected chi connectivity index (χ2v) is 8.10. The SMILES string of the molecule is CC1CCNC1c1nc(C2CCC(C(C)(C)C)CC2)no1. The molecule has 3 rings (SSSR count). The van der Waals surface area contributed by atoms with Crippen molar-refractivity contribution in [3.8, 4) is 0 Å². The summed E-state index contributed by atoms with van der Waals surface area (Å²) < 4.78 is 5.54. The third-order valence-electron chi connectivity index (χ3n) is 5.57. The fourth-order valence-electron chi connectivity index (χ4n) is 3.92. The molecular formula is C17H29N3O. The fraction of sp³-hybridized carbons (Fsp3) is 0.882. The molecule has 0 amide bonds. The van der Waals surface area contributed by atoms with Gasteiger partial charge < -0.3 is 9.84 Å². The van der Waals surface area contributed by atoms with Crippen molar-refractivity contribution in [1.29, 1.82) is 0 Å². The normalized spacial score (nSPS) is 34.3. The molecule has 1 aliphatic heterocycles. The summed E-state index contributed by atoms with van der Waals surface area (Å²) in [6.45, 7) is 10.4. The van der Waals surface area contributed by atoms with Gasteiger partial charge in [0.25, 0.3) is 0 Å². The first kappa shape index (κ1) is 15.0. The van der Waals surface area contributed by atoms with E-state index < -0.39 is 0 Å².